The molecule has 7 nitrogen and oxygen atoms in total. The van der Waals surface area contributed by atoms with E-state index in [-0.39, 0.29) is 30.4 Å². The predicted molar refractivity (Wildman–Crippen MR) is 115 cm³/mol. The van der Waals surface area contributed by atoms with Crippen molar-refractivity contribution in [2.75, 3.05) is 43.7 Å². The number of nitrogens with zero attached hydrogens (tertiary/aromatic N) is 1. The highest BCUT2D eigenvalue weighted by atomic mass is 16.5. The smallest absolute Gasteiger partial charge is 0.265 e. The number of carbonyl (C=O) groups is 2. The Balaban J connectivity index is 1.66. The van der Waals surface area contributed by atoms with E-state index in [0.717, 1.165) is 5.75 Å². The fourth-order valence-electron chi connectivity index (χ4n) is 3.16. The van der Waals surface area contributed by atoms with Crippen LogP contribution in [0.5, 0.6) is 11.5 Å². The van der Waals surface area contributed by atoms with E-state index >= 15 is 0 Å². The average Bonchev–Trinajstić information content (AvgIpc) is 2.69. The molecule has 0 aromatic heterocycles. The maximum absolute atomic E-state index is 12.4. The van der Waals surface area contributed by atoms with Crippen molar-refractivity contribution in [3.63, 3.8) is 0 Å². The largest absolute Gasteiger partial charge is 0.492 e. The van der Waals surface area contributed by atoms with E-state index in [0.29, 0.717) is 30.3 Å². The van der Waals surface area contributed by atoms with Crippen LogP contribution in [0.4, 0.5) is 11.4 Å². The third-order valence-electron chi connectivity index (χ3n) is 4.77. The van der Waals surface area contributed by atoms with Crippen LogP contribution in [-0.2, 0) is 19.7 Å². The van der Waals surface area contributed by atoms with Gasteiger partial charge in [0.2, 0.25) is 5.91 Å². The van der Waals surface area contributed by atoms with Gasteiger partial charge in [0.15, 0.2) is 6.61 Å². The van der Waals surface area contributed by atoms with Gasteiger partial charge in [-0.2, -0.15) is 0 Å². The number of rotatable bonds is 7. The number of hydrogen-bond donors (Lipinski definition) is 1. The molecule has 0 unspecified atom stereocenters. The topological polar surface area (TPSA) is 77.1 Å². The van der Waals surface area contributed by atoms with Crippen LogP contribution in [0.1, 0.15) is 26.3 Å². The maximum atomic E-state index is 12.4. The van der Waals surface area contributed by atoms with Crippen LogP contribution in [0.25, 0.3) is 0 Å². The second kappa shape index (κ2) is 9.17. The molecule has 1 aliphatic rings. The van der Waals surface area contributed by atoms with Gasteiger partial charge in [0.05, 0.1) is 12.2 Å². The Morgan fingerprint density at radius 3 is 2.57 bits per heavy atom. The summed E-state index contributed by atoms with van der Waals surface area (Å²) in [6.07, 6.45) is 0. The van der Waals surface area contributed by atoms with Crippen molar-refractivity contribution in [2.45, 2.75) is 26.2 Å². The van der Waals surface area contributed by atoms with Crippen molar-refractivity contribution in [3.05, 3.63) is 48.0 Å². The molecule has 0 fully saturated rings. The molecule has 3 rings (SSSR count). The predicted octanol–water partition coefficient (Wildman–Crippen LogP) is 3.37. The van der Waals surface area contributed by atoms with Crippen molar-refractivity contribution >= 4 is 23.2 Å². The fourth-order valence-corrected chi connectivity index (χ4v) is 3.16. The molecule has 2 aromatic carbocycles. The summed E-state index contributed by atoms with van der Waals surface area (Å²) < 4.78 is 16.2. The maximum Gasteiger partial charge on any atom is 0.265 e. The van der Waals surface area contributed by atoms with Crippen LogP contribution in [0.15, 0.2) is 42.5 Å². The van der Waals surface area contributed by atoms with Crippen LogP contribution in [0.2, 0.25) is 0 Å². The van der Waals surface area contributed by atoms with E-state index in [2.05, 4.69) is 38.2 Å². The first kappa shape index (κ1) is 21.6. The highest BCUT2D eigenvalue weighted by molar-refractivity contribution is 5.99. The summed E-state index contributed by atoms with van der Waals surface area (Å²) in [6, 6.07) is 13.2. The van der Waals surface area contributed by atoms with Crippen LogP contribution < -0.4 is 19.7 Å². The minimum atomic E-state index is -0.269. The molecule has 160 valence electrons. The van der Waals surface area contributed by atoms with Gasteiger partial charge < -0.3 is 24.4 Å². The van der Waals surface area contributed by atoms with Crippen LogP contribution in [0.3, 0.4) is 0 Å². The van der Waals surface area contributed by atoms with Crippen LogP contribution >= 0.6 is 0 Å². The molecular formula is C23H28N2O5. The van der Waals surface area contributed by atoms with Crippen molar-refractivity contribution in [3.8, 4) is 11.5 Å². The number of fused-ring (bicyclic) bond motifs is 1. The number of nitrogens with one attached hydrogen (secondary N) is 1. The fraction of sp³-hybridized carbons (Fsp3) is 0.391. The van der Waals surface area contributed by atoms with Gasteiger partial charge in [-0.1, -0.05) is 32.9 Å². The molecule has 2 aromatic rings. The Morgan fingerprint density at radius 2 is 1.90 bits per heavy atom. The monoisotopic (exact) mass is 412 g/mol. The minimum absolute atomic E-state index is 0.0251. The molecule has 0 saturated heterocycles. The van der Waals surface area contributed by atoms with E-state index < -0.39 is 0 Å². The standard InChI is InChI=1S/C23H28N2O5/c1-23(2,3)16-5-8-18(9-6-16)29-12-11-25-19-13-17(24-21(26)14-28-4)7-10-20(19)30-15-22(25)27/h5-10,13H,11-12,14-15H2,1-4H3,(H,24,26). The molecule has 1 aliphatic heterocycles. The van der Waals surface area contributed by atoms with E-state index in [9.17, 15) is 9.59 Å². The number of ether oxygens (including phenoxy) is 3. The van der Waals surface area contributed by atoms with Gasteiger partial charge in [-0.25, -0.2) is 0 Å². The zero-order valence-electron chi connectivity index (χ0n) is 17.9. The van der Waals surface area contributed by atoms with Crippen LogP contribution in [-0.4, -0.2) is 45.3 Å². The van der Waals surface area contributed by atoms with E-state index in [1.54, 1.807) is 23.1 Å². The first-order valence-electron chi connectivity index (χ1n) is 9.87. The summed E-state index contributed by atoms with van der Waals surface area (Å²) in [5, 5.41) is 2.74. The van der Waals surface area contributed by atoms with Gasteiger partial charge in [0, 0.05) is 12.8 Å². The molecular weight excluding hydrogens is 384 g/mol. The molecule has 0 radical (unpaired) electrons. The normalized spacial score (nSPS) is 13.5. The van der Waals surface area contributed by atoms with Gasteiger partial charge in [-0.05, 0) is 41.3 Å². The molecule has 0 atom stereocenters. The van der Waals surface area contributed by atoms with Crippen LogP contribution in [0, 0.1) is 0 Å². The number of amides is 2. The Bertz CT molecular complexity index is 903. The summed E-state index contributed by atoms with van der Waals surface area (Å²) in [4.78, 5) is 25.8. The quantitative estimate of drug-likeness (QED) is 0.755. The molecule has 30 heavy (non-hydrogen) atoms. The van der Waals surface area contributed by atoms with Gasteiger partial charge in [0.1, 0.15) is 24.7 Å². The molecule has 0 saturated carbocycles. The number of hydrogen-bond acceptors (Lipinski definition) is 5. The highest BCUT2D eigenvalue weighted by Crippen LogP contribution is 2.34. The number of methoxy groups -OCH3 is 1. The third-order valence-corrected chi connectivity index (χ3v) is 4.77. The Labute approximate surface area is 176 Å². The lowest BCUT2D eigenvalue weighted by molar-refractivity contribution is -0.121. The summed E-state index contributed by atoms with van der Waals surface area (Å²) in [5.41, 5.74) is 2.49. The summed E-state index contributed by atoms with van der Waals surface area (Å²) in [6.45, 7) is 7.12. The van der Waals surface area contributed by atoms with Gasteiger partial charge in [-0.15, -0.1) is 0 Å². The lowest BCUT2D eigenvalue weighted by atomic mass is 9.87. The van der Waals surface area contributed by atoms with Crippen molar-refractivity contribution in [1.82, 2.24) is 0 Å². The first-order valence-corrected chi connectivity index (χ1v) is 9.87. The van der Waals surface area contributed by atoms with Gasteiger partial charge >= 0.3 is 0 Å². The highest BCUT2D eigenvalue weighted by Gasteiger charge is 2.26. The van der Waals surface area contributed by atoms with Gasteiger partial charge in [-0.3, -0.25) is 9.59 Å². The average molecular weight is 412 g/mol. The summed E-state index contributed by atoms with van der Waals surface area (Å²) in [7, 11) is 1.46. The SMILES string of the molecule is COCC(=O)Nc1ccc2c(c1)N(CCOc1ccc(C(C)(C)C)cc1)C(=O)CO2. The number of benzene rings is 2. The Kier molecular flexibility index (Phi) is 6.62. The van der Waals surface area contributed by atoms with E-state index in [1.807, 2.05) is 12.1 Å². The lowest BCUT2D eigenvalue weighted by Gasteiger charge is -2.29. The second-order valence-electron chi connectivity index (χ2n) is 8.12. The Hall–Kier alpha value is -3.06. The minimum Gasteiger partial charge on any atom is -0.492 e. The Morgan fingerprint density at radius 1 is 1.17 bits per heavy atom. The van der Waals surface area contributed by atoms with Crippen molar-refractivity contribution < 1.29 is 23.8 Å². The van der Waals surface area contributed by atoms with Crippen molar-refractivity contribution in [1.29, 1.82) is 0 Å². The molecule has 0 aliphatic carbocycles. The zero-order chi connectivity index (χ0) is 21.7. The second-order valence-corrected chi connectivity index (χ2v) is 8.12. The number of carbonyl (C=O) groups excluding carboxylic acids is 2. The van der Waals surface area contributed by atoms with E-state index in [4.69, 9.17) is 14.2 Å². The third kappa shape index (κ3) is 5.30. The zero-order valence-corrected chi connectivity index (χ0v) is 17.9. The molecule has 1 N–H and O–H groups in total. The van der Waals surface area contributed by atoms with E-state index in [1.165, 1.54) is 12.7 Å². The van der Waals surface area contributed by atoms with Gasteiger partial charge in [0.25, 0.3) is 5.91 Å². The molecule has 2 amide bonds. The number of anilines is 2. The molecule has 0 bridgehead atoms. The summed E-state index contributed by atoms with van der Waals surface area (Å²) >= 11 is 0. The first-order chi connectivity index (χ1) is 14.3. The van der Waals surface area contributed by atoms with Crippen molar-refractivity contribution in [2.24, 2.45) is 0 Å². The molecule has 7 heteroatoms. The molecule has 1 heterocycles. The lowest BCUT2D eigenvalue weighted by Crippen LogP contribution is -2.41. The molecule has 0 spiro atoms. The summed E-state index contributed by atoms with van der Waals surface area (Å²) in [5.74, 6) is 0.919.